The first kappa shape index (κ1) is 25.2. The fourth-order valence-electron chi connectivity index (χ4n) is 4.43. The summed E-state index contributed by atoms with van der Waals surface area (Å²) in [5.41, 5.74) is 0. The topological polar surface area (TPSA) is 46.2 Å². The molecule has 2 amide bonds. The Morgan fingerprint density at radius 1 is 0.571 bits per heavy atom. The van der Waals surface area contributed by atoms with Gasteiger partial charge >= 0.3 is 0 Å². The van der Waals surface area contributed by atoms with Gasteiger partial charge in [-0.05, 0) is 19.3 Å². The lowest BCUT2D eigenvalue weighted by atomic mass is 9.83. The highest BCUT2D eigenvalue weighted by molar-refractivity contribution is 5.99. The van der Waals surface area contributed by atoms with Crippen LogP contribution in [0.25, 0.3) is 0 Å². The molecule has 0 aromatic heterocycles. The van der Waals surface area contributed by atoms with Gasteiger partial charge in [0.1, 0.15) is 0 Å². The highest BCUT2D eigenvalue weighted by atomic mass is 16.2. The third-order valence-electron chi connectivity index (χ3n) is 6.37. The summed E-state index contributed by atoms with van der Waals surface area (Å²) >= 11 is 0. The van der Waals surface area contributed by atoms with Crippen molar-refractivity contribution in [2.75, 3.05) is 0 Å². The Morgan fingerprint density at radius 3 is 1.25 bits per heavy atom. The molecule has 1 saturated heterocycles. The molecule has 0 aliphatic carbocycles. The largest absolute Gasteiger partial charge is 0.296 e. The highest BCUT2D eigenvalue weighted by Crippen LogP contribution is 2.27. The molecule has 0 radical (unpaired) electrons. The summed E-state index contributed by atoms with van der Waals surface area (Å²) in [6.45, 7) is 4.50. The maximum Gasteiger partial charge on any atom is 0.229 e. The van der Waals surface area contributed by atoms with Crippen LogP contribution in [0.2, 0.25) is 0 Å². The first-order valence-electron chi connectivity index (χ1n) is 12.5. The average molecular weight is 394 g/mol. The van der Waals surface area contributed by atoms with E-state index in [4.69, 9.17) is 0 Å². The van der Waals surface area contributed by atoms with Crippen molar-refractivity contribution in [3.63, 3.8) is 0 Å². The van der Waals surface area contributed by atoms with Crippen molar-refractivity contribution in [2.45, 2.75) is 136 Å². The van der Waals surface area contributed by atoms with E-state index in [1.165, 1.54) is 89.9 Å². The van der Waals surface area contributed by atoms with Gasteiger partial charge in [-0.2, -0.15) is 0 Å². The zero-order valence-electron chi connectivity index (χ0n) is 18.9. The standard InChI is InChI=1S/C25H47NO2/c1-3-5-7-9-11-13-15-17-19-22-21-23(25(28)26-24(22)27)20-18-16-14-12-10-8-6-4-2/h22-23H,3-21H2,1-2H3,(H,26,27,28). The maximum absolute atomic E-state index is 12.2. The number of carbonyl (C=O) groups is 2. The Hall–Kier alpha value is -0.860. The zero-order valence-corrected chi connectivity index (χ0v) is 18.9. The van der Waals surface area contributed by atoms with Gasteiger partial charge in [0.15, 0.2) is 0 Å². The van der Waals surface area contributed by atoms with Crippen LogP contribution >= 0.6 is 0 Å². The van der Waals surface area contributed by atoms with E-state index >= 15 is 0 Å². The lowest BCUT2D eigenvalue weighted by Crippen LogP contribution is -2.46. The smallest absolute Gasteiger partial charge is 0.229 e. The number of carbonyl (C=O) groups excluding carboxylic acids is 2. The lowest BCUT2D eigenvalue weighted by molar-refractivity contribution is -0.140. The second kappa shape index (κ2) is 17.0. The molecule has 0 aromatic rings. The average Bonchev–Trinajstić information content (AvgIpc) is 2.68. The van der Waals surface area contributed by atoms with Crippen LogP contribution < -0.4 is 5.32 Å². The van der Waals surface area contributed by atoms with Crippen LogP contribution in [0.3, 0.4) is 0 Å². The van der Waals surface area contributed by atoms with Crippen LogP contribution in [0.1, 0.15) is 136 Å². The number of piperidine rings is 1. The molecule has 1 N–H and O–H groups in total. The molecule has 1 aliphatic rings. The van der Waals surface area contributed by atoms with Gasteiger partial charge in [-0.25, -0.2) is 0 Å². The number of rotatable bonds is 18. The second-order valence-electron chi connectivity index (χ2n) is 9.01. The van der Waals surface area contributed by atoms with E-state index in [1.807, 2.05) is 0 Å². The third kappa shape index (κ3) is 11.9. The van der Waals surface area contributed by atoms with Gasteiger partial charge in [-0.15, -0.1) is 0 Å². The molecule has 164 valence electrons. The van der Waals surface area contributed by atoms with Gasteiger partial charge in [0, 0.05) is 11.8 Å². The summed E-state index contributed by atoms with van der Waals surface area (Å²) in [6.07, 6.45) is 23.4. The van der Waals surface area contributed by atoms with E-state index in [0.717, 1.165) is 32.1 Å². The SMILES string of the molecule is CCCCCCCCCCC1CC(CCCCCCCCCC)C(=O)NC1=O. The molecular formula is C25H47NO2. The van der Waals surface area contributed by atoms with Crippen molar-refractivity contribution < 1.29 is 9.59 Å². The van der Waals surface area contributed by atoms with Crippen molar-refractivity contribution in [1.29, 1.82) is 0 Å². The van der Waals surface area contributed by atoms with Crippen LogP contribution in [-0.4, -0.2) is 11.8 Å². The minimum absolute atomic E-state index is 0.0138. The molecule has 28 heavy (non-hydrogen) atoms. The Kier molecular flexibility index (Phi) is 15.3. The Bertz CT molecular complexity index is 371. The first-order valence-corrected chi connectivity index (χ1v) is 12.5. The summed E-state index contributed by atoms with van der Waals surface area (Å²) in [4.78, 5) is 24.3. The van der Waals surface area contributed by atoms with E-state index in [1.54, 1.807) is 0 Å². The quantitative estimate of drug-likeness (QED) is 0.196. The number of amides is 2. The summed E-state index contributed by atoms with van der Waals surface area (Å²) in [5, 5.41) is 2.65. The number of unbranched alkanes of at least 4 members (excludes halogenated alkanes) is 14. The van der Waals surface area contributed by atoms with Crippen LogP contribution in [0, 0.1) is 11.8 Å². The molecule has 2 atom stereocenters. The van der Waals surface area contributed by atoms with Crippen molar-refractivity contribution in [3.05, 3.63) is 0 Å². The normalized spacial score (nSPS) is 19.8. The first-order chi connectivity index (χ1) is 13.7. The van der Waals surface area contributed by atoms with E-state index < -0.39 is 0 Å². The molecule has 0 aromatic carbocycles. The van der Waals surface area contributed by atoms with Crippen molar-refractivity contribution in [3.8, 4) is 0 Å². The molecule has 0 saturated carbocycles. The van der Waals surface area contributed by atoms with E-state index in [0.29, 0.717) is 0 Å². The minimum atomic E-state index is -0.0138. The van der Waals surface area contributed by atoms with Gasteiger partial charge in [0.25, 0.3) is 0 Å². The molecule has 1 rings (SSSR count). The summed E-state index contributed by atoms with van der Waals surface area (Å²) in [6, 6.07) is 0. The monoisotopic (exact) mass is 393 g/mol. The summed E-state index contributed by atoms with van der Waals surface area (Å²) in [7, 11) is 0. The zero-order chi connectivity index (χ0) is 20.5. The molecule has 2 unspecified atom stereocenters. The van der Waals surface area contributed by atoms with E-state index in [9.17, 15) is 9.59 Å². The number of hydrogen-bond donors (Lipinski definition) is 1. The highest BCUT2D eigenvalue weighted by Gasteiger charge is 2.33. The number of hydrogen-bond acceptors (Lipinski definition) is 2. The van der Waals surface area contributed by atoms with Crippen LogP contribution in [0.15, 0.2) is 0 Å². The minimum Gasteiger partial charge on any atom is -0.296 e. The van der Waals surface area contributed by atoms with Crippen molar-refractivity contribution in [2.24, 2.45) is 11.8 Å². The van der Waals surface area contributed by atoms with Gasteiger partial charge < -0.3 is 0 Å². The molecule has 1 fully saturated rings. The Labute approximate surface area is 174 Å². The summed E-state index contributed by atoms with van der Waals surface area (Å²) in [5.74, 6) is 0.105. The summed E-state index contributed by atoms with van der Waals surface area (Å²) < 4.78 is 0. The fourth-order valence-corrected chi connectivity index (χ4v) is 4.43. The maximum atomic E-state index is 12.2. The molecule has 0 spiro atoms. The molecule has 3 nitrogen and oxygen atoms in total. The predicted molar refractivity (Wildman–Crippen MR) is 119 cm³/mol. The predicted octanol–water partition coefficient (Wildman–Crippen LogP) is 7.33. The van der Waals surface area contributed by atoms with Gasteiger partial charge in [-0.3, -0.25) is 14.9 Å². The third-order valence-corrected chi connectivity index (χ3v) is 6.37. The number of nitrogens with one attached hydrogen (secondary N) is 1. The fraction of sp³-hybridized carbons (Fsp3) is 0.920. The van der Waals surface area contributed by atoms with E-state index in [2.05, 4.69) is 19.2 Å². The number of imide groups is 1. The molecule has 0 bridgehead atoms. The van der Waals surface area contributed by atoms with E-state index in [-0.39, 0.29) is 23.7 Å². The van der Waals surface area contributed by atoms with Gasteiger partial charge in [-0.1, -0.05) is 117 Å². The lowest BCUT2D eigenvalue weighted by Gasteiger charge is -2.27. The molecule has 1 heterocycles. The van der Waals surface area contributed by atoms with Gasteiger partial charge in [0.05, 0.1) is 0 Å². The van der Waals surface area contributed by atoms with Crippen LogP contribution in [0.5, 0.6) is 0 Å². The van der Waals surface area contributed by atoms with Crippen molar-refractivity contribution >= 4 is 11.8 Å². The van der Waals surface area contributed by atoms with Gasteiger partial charge in [0.2, 0.25) is 11.8 Å². The van der Waals surface area contributed by atoms with Crippen molar-refractivity contribution in [1.82, 2.24) is 5.32 Å². The second-order valence-corrected chi connectivity index (χ2v) is 9.01. The van der Waals surface area contributed by atoms with Crippen LogP contribution in [-0.2, 0) is 9.59 Å². The van der Waals surface area contributed by atoms with Crippen LogP contribution in [0.4, 0.5) is 0 Å². The Morgan fingerprint density at radius 2 is 0.893 bits per heavy atom. The molecule has 3 heteroatoms. The molecule has 1 aliphatic heterocycles. The molecular weight excluding hydrogens is 346 g/mol. The Balaban J connectivity index is 2.11.